The quantitative estimate of drug-likeness (QED) is 0.127. The van der Waals surface area contributed by atoms with E-state index in [2.05, 4.69) is 325 Å². The number of hydrogen-bond donors (Lipinski definition) is 0. The second-order valence-corrected chi connectivity index (χ2v) is 20.1. The molecule has 1 aliphatic rings. The van der Waals surface area contributed by atoms with Gasteiger partial charge in [-0.25, -0.2) is 0 Å². The maximum absolute atomic E-state index is 2.50. The summed E-state index contributed by atoms with van der Waals surface area (Å²) in [5, 5.41) is 4.83. The van der Waals surface area contributed by atoms with E-state index < -0.39 is 5.41 Å². The van der Waals surface area contributed by atoms with Crippen molar-refractivity contribution in [3.05, 3.63) is 338 Å². The lowest BCUT2D eigenvalue weighted by Crippen LogP contribution is -2.28. The molecule has 0 atom stereocenters. The second-order valence-electron chi connectivity index (χ2n) is 20.1. The van der Waals surface area contributed by atoms with Crippen LogP contribution in [0.2, 0.25) is 0 Å². The Bertz CT molecular complexity index is 4220. The molecule has 0 saturated heterocycles. The number of fused-ring (bicyclic) bond motifs is 5. The molecule has 0 saturated carbocycles. The third-order valence-corrected chi connectivity index (χ3v) is 15.7. The summed E-state index contributed by atoms with van der Waals surface area (Å²) in [5.74, 6) is 0. The van der Waals surface area contributed by atoms with Crippen LogP contribution in [0.15, 0.2) is 315 Å². The molecule has 1 aliphatic carbocycles. The van der Waals surface area contributed by atoms with Crippen molar-refractivity contribution in [1.29, 1.82) is 0 Å². The molecule has 14 rings (SSSR count). The minimum Gasteiger partial charge on any atom is -0.310 e. The maximum Gasteiger partial charge on any atom is 0.0714 e. The molecular formula is C75H52N2. The van der Waals surface area contributed by atoms with E-state index in [0.717, 1.165) is 67.5 Å². The van der Waals surface area contributed by atoms with Crippen molar-refractivity contribution in [2.45, 2.75) is 5.41 Å². The first kappa shape index (κ1) is 45.6. The van der Waals surface area contributed by atoms with Gasteiger partial charge in [0, 0.05) is 34.0 Å². The summed E-state index contributed by atoms with van der Waals surface area (Å²) < 4.78 is 0. The van der Waals surface area contributed by atoms with Crippen LogP contribution in [0.4, 0.5) is 34.1 Å². The van der Waals surface area contributed by atoms with Gasteiger partial charge in [-0.1, -0.05) is 237 Å². The lowest BCUT2D eigenvalue weighted by Gasteiger charge is -2.35. The molecule has 0 bridgehead atoms. The normalized spacial score (nSPS) is 12.3. The van der Waals surface area contributed by atoms with Gasteiger partial charge in [0.2, 0.25) is 0 Å². The van der Waals surface area contributed by atoms with Crippen molar-refractivity contribution in [3.8, 4) is 44.5 Å². The zero-order valence-electron chi connectivity index (χ0n) is 42.4. The molecule has 0 aliphatic heterocycles. The van der Waals surface area contributed by atoms with Crippen LogP contribution in [0, 0.1) is 0 Å². The molecule has 0 spiro atoms. The van der Waals surface area contributed by atoms with E-state index in [1.165, 1.54) is 54.9 Å². The number of anilines is 6. The Morgan fingerprint density at radius 2 is 0.662 bits per heavy atom. The van der Waals surface area contributed by atoms with E-state index in [9.17, 15) is 0 Å². The summed E-state index contributed by atoms with van der Waals surface area (Å²) in [4.78, 5) is 4.84. The molecule has 0 radical (unpaired) electrons. The van der Waals surface area contributed by atoms with Crippen molar-refractivity contribution >= 4 is 55.7 Å². The van der Waals surface area contributed by atoms with Gasteiger partial charge in [-0.3, -0.25) is 0 Å². The number of nitrogens with zero attached hydrogens (tertiary/aromatic N) is 2. The van der Waals surface area contributed by atoms with Crippen LogP contribution in [0.3, 0.4) is 0 Å². The summed E-state index contributed by atoms with van der Waals surface area (Å²) in [5.41, 5.74) is 20.5. The highest BCUT2D eigenvalue weighted by molar-refractivity contribution is 6.00. The topological polar surface area (TPSA) is 6.48 Å². The van der Waals surface area contributed by atoms with Gasteiger partial charge in [0.05, 0.1) is 11.1 Å². The molecule has 13 aromatic carbocycles. The van der Waals surface area contributed by atoms with Crippen LogP contribution in [-0.4, -0.2) is 0 Å². The van der Waals surface area contributed by atoms with Crippen LogP contribution < -0.4 is 9.80 Å². The van der Waals surface area contributed by atoms with Gasteiger partial charge in [-0.15, -0.1) is 0 Å². The highest BCUT2D eigenvalue weighted by atomic mass is 15.1. The lowest BCUT2D eigenvalue weighted by molar-refractivity contribution is 0.768. The predicted molar refractivity (Wildman–Crippen MR) is 324 cm³/mol. The monoisotopic (exact) mass is 980 g/mol. The molecule has 362 valence electrons. The number of rotatable bonds is 11. The first-order valence-corrected chi connectivity index (χ1v) is 26.6. The van der Waals surface area contributed by atoms with E-state index in [4.69, 9.17) is 0 Å². The Kier molecular flexibility index (Phi) is 11.5. The van der Waals surface area contributed by atoms with Gasteiger partial charge in [-0.2, -0.15) is 0 Å². The van der Waals surface area contributed by atoms with Crippen molar-refractivity contribution in [3.63, 3.8) is 0 Å². The molecule has 0 aromatic heterocycles. The third kappa shape index (κ3) is 8.07. The summed E-state index contributed by atoms with van der Waals surface area (Å²) >= 11 is 0. The summed E-state index contributed by atoms with van der Waals surface area (Å²) in [6.45, 7) is 0. The summed E-state index contributed by atoms with van der Waals surface area (Å²) in [6.07, 6.45) is 0. The molecule has 0 N–H and O–H groups in total. The van der Waals surface area contributed by atoms with Crippen LogP contribution in [0.25, 0.3) is 66.1 Å². The number of para-hydroxylation sites is 1. The van der Waals surface area contributed by atoms with E-state index in [0.29, 0.717) is 0 Å². The van der Waals surface area contributed by atoms with Gasteiger partial charge in [0.15, 0.2) is 0 Å². The smallest absolute Gasteiger partial charge is 0.0714 e. The first-order valence-electron chi connectivity index (χ1n) is 26.6. The van der Waals surface area contributed by atoms with E-state index in [1.807, 2.05) is 0 Å². The average Bonchev–Trinajstić information content (AvgIpc) is 4.03. The molecule has 2 nitrogen and oxygen atoms in total. The van der Waals surface area contributed by atoms with Crippen LogP contribution in [-0.2, 0) is 5.41 Å². The molecule has 0 amide bonds. The second kappa shape index (κ2) is 19.4. The maximum atomic E-state index is 2.50. The zero-order chi connectivity index (χ0) is 51.1. The molecule has 2 heteroatoms. The number of benzene rings is 13. The average molecular weight is 981 g/mol. The Balaban J connectivity index is 0.913. The van der Waals surface area contributed by atoms with E-state index in [-0.39, 0.29) is 0 Å². The van der Waals surface area contributed by atoms with Gasteiger partial charge < -0.3 is 9.80 Å². The SMILES string of the molecule is c1ccc(-c2cc3ccccc3cc2N(c2cccc(-c3cccc(-c4ccc(N(c5ccccc5)c5ccc6ccccc6c5)cc4)c3)c2)c2ccc3c(c2)C(c2ccccc2)(c2ccccc2)c2ccccc2-3)cc1. The predicted octanol–water partition coefficient (Wildman–Crippen LogP) is 20.3. The van der Waals surface area contributed by atoms with Gasteiger partial charge >= 0.3 is 0 Å². The first-order chi connectivity index (χ1) is 38.2. The van der Waals surface area contributed by atoms with Crippen molar-refractivity contribution in [2.24, 2.45) is 0 Å². The fourth-order valence-corrected chi connectivity index (χ4v) is 12.1. The molecule has 0 unspecified atom stereocenters. The van der Waals surface area contributed by atoms with E-state index in [1.54, 1.807) is 0 Å². The molecule has 0 fully saturated rings. The Morgan fingerprint density at radius 1 is 0.208 bits per heavy atom. The minimum atomic E-state index is -0.557. The highest BCUT2D eigenvalue weighted by Crippen LogP contribution is 2.58. The Morgan fingerprint density at radius 3 is 1.36 bits per heavy atom. The lowest BCUT2D eigenvalue weighted by atomic mass is 9.67. The third-order valence-electron chi connectivity index (χ3n) is 15.7. The summed E-state index contributed by atoms with van der Waals surface area (Å²) in [6, 6.07) is 116. The van der Waals surface area contributed by atoms with Crippen molar-refractivity contribution < 1.29 is 0 Å². The Labute approximate surface area is 450 Å². The molecule has 77 heavy (non-hydrogen) atoms. The van der Waals surface area contributed by atoms with Gasteiger partial charge in [0.1, 0.15) is 0 Å². The van der Waals surface area contributed by atoms with Crippen LogP contribution in [0.5, 0.6) is 0 Å². The standard InChI is InChI=1S/C75H52N2/c1-5-22-55(23-6-1)71-50-60-25-15-16-26-61(60)51-74(71)77(68-45-46-70-69-37-17-18-38-72(69)75(73(70)52-68,62-30-7-2-8-31-62)63-32-9-3-10-33-63)66-36-20-29-59(49-66)57-28-19-27-56(47-57)54-39-42-65(43-40-54)76(64-34-11-4-12-35-64)67-44-41-53-21-13-14-24-58(53)48-67/h1-52H. The molecule has 13 aromatic rings. The highest BCUT2D eigenvalue weighted by Gasteiger charge is 2.46. The fraction of sp³-hybridized carbons (Fsp3) is 0.0133. The fourth-order valence-electron chi connectivity index (χ4n) is 12.1. The summed E-state index contributed by atoms with van der Waals surface area (Å²) in [7, 11) is 0. The zero-order valence-corrected chi connectivity index (χ0v) is 42.4. The Hall–Kier alpha value is -10.0. The minimum absolute atomic E-state index is 0.557. The number of hydrogen-bond acceptors (Lipinski definition) is 2. The van der Waals surface area contributed by atoms with Crippen LogP contribution >= 0.6 is 0 Å². The van der Waals surface area contributed by atoms with Crippen LogP contribution in [0.1, 0.15) is 22.3 Å². The largest absolute Gasteiger partial charge is 0.310 e. The van der Waals surface area contributed by atoms with Crippen molar-refractivity contribution in [2.75, 3.05) is 9.80 Å². The van der Waals surface area contributed by atoms with Gasteiger partial charge in [0.25, 0.3) is 0 Å². The van der Waals surface area contributed by atoms with Gasteiger partial charge in [-0.05, 0) is 162 Å². The van der Waals surface area contributed by atoms with Crippen molar-refractivity contribution in [1.82, 2.24) is 0 Å². The molecular weight excluding hydrogens is 929 g/mol. The van der Waals surface area contributed by atoms with E-state index >= 15 is 0 Å². The molecule has 0 heterocycles.